The Hall–Kier alpha value is -1.88. The lowest BCUT2D eigenvalue weighted by atomic mass is 9.95. The van der Waals surface area contributed by atoms with E-state index < -0.39 is 0 Å². The van der Waals surface area contributed by atoms with Crippen molar-refractivity contribution in [2.24, 2.45) is 11.8 Å². The van der Waals surface area contributed by atoms with Gasteiger partial charge in [-0.1, -0.05) is 13.0 Å². The first kappa shape index (κ1) is 19.4. The number of piperidine rings is 1. The Morgan fingerprint density at radius 1 is 1.32 bits per heavy atom. The van der Waals surface area contributed by atoms with Crippen LogP contribution in [0.4, 0.5) is 5.69 Å². The van der Waals surface area contributed by atoms with Crippen LogP contribution in [0.5, 0.6) is 0 Å². The van der Waals surface area contributed by atoms with Crippen LogP contribution in [0.3, 0.4) is 0 Å². The van der Waals surface area contributed by atoms with Crippen LogP contribution in [0.15, 0.2) is 18.2 Å². The molecule has 138 valence electrons. The van der Waals surface area contributed by atoms with Crippen molar-refractivity contribution in [3.05, 3.63) is 29.3 Å². The van der Waals surface area contributed by atoms with Gasteiger partial charge in [-0.05, 0) is 62.8 Å². The predicted octanol–water partition coefficient (Wildman–Crippen LogP) is 2.57. The zero-order valence-corrected chi connectivity index (χ0v) is 15.7. The maximum Gasteiger partial charge on any atom is 0.227 e. The molecular formula is C20H30N2O3. The van der Waals surface area contributed by atoms with Gasteiger partial charge in [-0.3, -0.25) is 9.59 Å². The molecule has 1 saturated heterocycles. The van der Waals surface area contributed by atoms with Crippen LogP contribution < -0.4 is 10.2 Å². The fourth-order valence-corrected chi connectivity index (χ4v) is 3.29. The Morgan fingerprint density at radius 2 is 2.04 bits per heavy atom. The molecule has 1 aromatic rings. The van der Waals surface area contributed by atoms with Crippen molar-refractivity contribution in [2.45, 2.75) is 53.1 Å². The first-order valence-corrected chi connectivity index (χ1v) is 9.11. The highest BCUT2D eigenvalue weighted by Crippen LogP contribution is 2.26. The molecule has 0 radical (unpaired) electrons. The first-order chi connectivity index (χ1) is 11.8. The molecule has 5 nitrogen and oxygen atoms in total. The number of benzene rings is 1. The summed E-state index contributed by atoms with van der Waals surface area (Å²) in [7, 11) is 0. The van der Waals surface area contributed by atoms with Crippen molar-refractivity contribution in [1.29, 1.82) is 0 Å². The standard InChI is InChI=1S/C20H30N2O3/c1-13(9-16(4)23)11-21-20(25)17-6-8-19(24)22(12-17)18-7-5-14(2)15(3)10-18/h5,7,10,13,16-17,23H,6,8-9,11-12H2,1-4H3,(H,21,25)/t13-,16+,17+/m0/s1. The second-order valence-corrected chi connectivity index (χ2v) is 7.44. The third kappa shape index (κ3) is 5.30. The Balaban J connectivity index is 1.98. The molecule has 0 spiro atoms. The van der Waals surface area contributed by atoms with Crippen molar-refractivity contribution in [1.82, 2.24) is 5.32 Å². The summed E-state index contributed by atoms with van der Waals surface area (Å²) >= 11 is 0. The van der Waals surface area contributed by atoms with Gasteiger partial charge in [-0.25, -0.2) is 0 Å². The number of nitrogens with zero attached hydrogens (tertiary/aromatic N) is 1. The van der Waals surface area contributed by atoms with Crippen LogP contribution in [0.2, 0.25) is 0 Å². The van der Waals surface area contributed by atoms with Gasteiger partial charge in [0.15, 0.2) is 0 Å². The average Bonchev–Trinajstić information content (AvgIpc) is 2.55. The molecule has 0 aromatic heterocycles. The number of hydrogen-bond donors (Lipinski definition) is 2. The number of amides is 2. The number of nitrogens with one attached hydrogen (secondary N) is 1. The Morgan fingerprint density at radius 3 is 2.68 bits per heavy atom. The first-order valence-electron chi connectivity index (χ1n) is 9.11. The van der Waals surface area contributed by atoms with Gasteiger partial charge in [0, 0.05) is 25.2 Å². The lowest BCUT2D eigenvalue weighted by Gasteiger charge is -2.32. The second-order valence-electron chi connectivity index (χ2n) is 7.44. The van der Waals surface area contributed by atoms with Gasteiger partial charge >= 0.3 is 0 Å². The topological polar surface area (TPSA) is 69.6 Å². The SMILES string of the molecule is Cc1ccc(N2C[C@H](C(=O)NC[C@@H](C)C[C@@H](C)O)CCC2=O)cc1C. The van der Waals surface area contributed by atoms with E-state index in [0.717, 1.165) is 11.3 Å². The summed E-state index contributed by atoms with van der Waals surface area (Å²) in [4.78, 5) is 26.5. The third-order valence-electron chi connectivity index (χ3n) is 4.95. The quantitative estimate of drug-likeness (QED) is 0.832. The largest absolute Gasteiger partial charge is 0.393 e. The molecule has 25 heavy (non-hydrogen) atoms. The number of hydrogen-bond acceptors (Lipinski definition) is 3. The normalized spacial score (nSPS) is 20.3. The van der Waals surface area contributed by atoms with Gasteiger partial charge in [0.05, 0.1) is 12.0 Å². The molecule has 1 heterocycles. The van der Waals surface area contributed by atoms with Crippen LogP contribution in [0.1, 0.15) is 44.2 Å². The minimum Gasteiger partial charge on any atom is -0.393 e. The number of aliphatic hydroxyl groups is 1. The van der Waals surface area contributed by atoms with E-state index in [-0.39, 0.29) is 29.8 Å². The molecule has 0 aliphatic carbocycles. The van der Waals surface area contributed by atoms with E-state index in [1.807, 2.05) is 39.0 Å². The number of aryl methyl sites for hydroxylation is 2. The van der Waals surface area contributed by atoms with Crippen molar-refractivity contribution < 1.29 is 14.7 Å². The molecule has 1 aromatic carbocycles. The predicted molar refractivity (Wildman–Crippen MR) is 99.5 cm³/mol. The third-order valence-corrected chi connectivity index (χ3v) is 4.95. The van der Waals surface area contributed by atoms with Gasteiger partial charge in [0.2, 0.25) is 11.8 Å². The lowest BCUT2D eigenvalue weighted by molar-refractivity contribution is -0.127. The summed E-state index contributed by atoms with van der Waals surface area (Å²) in [6.45, 7) is 8.82. The maximum atomic E-state index is 12.5. The fraction of sp³-hybridized carbons (Fsp3) is 0.600. The van der Waals surface area contributed by atoms with Crippen LogP contribution >= 0.6 is 0 Å². The van der Waals surface area contributed by atoms with E-state index in [1.54, 1.807) is 11.8 Å². The second kappa shape index (κ2) is 8.48. The number of anilines is 1. The summed E-state index contributed by atoms with van der Waals surface area (Å²) < 4.78 is 0. The van der Waals surface area contributed by atoms with Crippen LogP contribution in [-0.4, -0.2) is 36.1 Å². The Kier molecular flexibility index (Phi) is 6.59. The number of carbonyl (C=O) groups is 2. The molecule has 2 N–H and O–H groups in total. The minimum atomic E-state index is -0.362. The zero-order valence-electron chi connectivity index (χ0n) is 15.7. The highest BCUT2D eigenvalue weighted by molar-refractivity contribution is 5.96. The van der Waals surface area contributed by atoms with Crippen molar-refractivity contribution >= 4 is 17.5 Å². The maximum absolute atomic E-state index is 12.5. The van der Waals surface area contributed by atoms with Crippen molar-refractivity contribution in [2.75, 3.05) is 18.0 Å². The minimum absolute atomic E-state index is 0.00113. The van der Waals surface area contributed by atoms with E-state index in [2.05, 4.69) is 5.32 Å². The van der Waals surface area contributed by atoms with Crippen LogP contribution in [0, 0.1) is 25.7 Å². The Labute approximate surface area is 150 Å². The molecule has 3 atom stereocenters. The highest BCUT2D eigenvalue weighted by atomic mass is 16.3. The summed E-state index contributed by atoms with van der Waals surface area (Å²) in [6, 6.07) is 5.98. The molecule has 0 unspecified atom stereocenters. The van der Waals surface area contributed by atoms with Gasteiger partial charge in [-0.2, -0.15) is 0 Å². The lowest BCUT2D eigenvalue weighted by Crippen LogP contribution is -2.46. The highest BCUT2D eigenvalue weighted by Gasteiger charge is 2.31. The number of aliphatic hydroxyl groups excluding tert-OH is 1. The molecule has 1 aliphatic heterocycles. The van der Waals surface area contributed by atoms with E-state index in [9.17, 15) is 14.7 Å². The summed E-state index contributed by atoms with van der Waals surface area (Å²) in [6.07, 6.45) is 1.29. The number of rotatable bonds is 6. The van der Waals surface area contributed by atoms with Crippen LogP contribution in [-0.2, 0) is 9.59 Å². The number of carbonyl (C=O) groups excluding carboxylic acids is 2. The monoisotopic (exact) mass is 346 g/mol. The zero-order chi connectivity index (χ0) is 18.6. The molecular weight excluding hydrogens is 316 g/mol. The summed E-state index contributed by atoms with van der Waals surface area (Å²) in [5.74, 6) is 0.122. The van der Waals surface area contributed by atoms with E-state index >= 15 is 0 Å². The van der Waals surface area contributed by atoms with Gasteiger partial charge in [-0.15, -0.1) is 0 Å². The molecule has 0 saturated carbocycles. The van der Waals surface area contributed by atoms with Gasteiger partial charge in [0.25, 0.3) is 0 Å². The van der Waals surface area contributed by atoms with Crippen molar-refractivity contribution in [3.8, 4) is 0 Å². The van der Waals surface area contributed by atoms with Gasteiger partial charge < -0.3 is 15.3 Å². The van der Waals surface area contributed by atoms with Crippen molar-refractivity contribution in [3.63, 3.8) is 0 Å². The van der Waals surface area contributed by atoms with E-state index in [1.165, 1.54) is 5.56 Å². The van der Waals surface area contributed by atoms with E-state index in [0.29, 0.717) is 32.4 Å². The Bertz CT molecular complexity index is 627. The molecule has 1 fully saturated rings. The molecule has 2 amide bonds. The molecule has 2 rings (SSSR count). The summed E-state index contributed by atoms with van der Waals surface area (Å²) in [5, 5.41) is 12.4. The average molecular weight is 346 g/mol. The fourth-order valence-electron chi connectivity index (χ4n) is 3.29. The smallest absolute Gasteiger partial charge is 0.227 e. The van der Waals surface area contributed by atoms with Crippen LogP contribution in [0.25, 0.3) is 0 Å². The molecule has 0 bridgehead atoms. The van der Waals surface area contributed by atoms with Gasteiger partial charge in [0.1, 0.15) is 0 Å². The summed E-state index contributed by atoms with van der Waals surface area (Å²) in [5.41, 5.74) is 3.20. The molecule has 1 aliphatic rings. The molecule has 5 heteroatoms. The van der Waals surface area contributed by atoms with E-state index in [4.69, 9.17) is 0 Å².